The molecule has 0 atom stereocenters. The van der Waals surface area contributed by atoms with Crippen LogP contribution in [0.25, 0.3) is 0 Å². The molecule has 34 heavy (non-hydrogen) atoms. The predicted octanol–water partition coefficient (Wildman–Crippen LogP) is 4.37. The molecule has 4 rings (SSSR count). The quantitative estimate of drug-likeness (QED) is 0.554. The summed E-state index contributed by atoms with van der Waals surface area (Å²) in [6, 6.07) is 0. The van der Waals surface area contributed by atoms with Crippen molar-refractivity contribution in [3.05, 3.63) is 34.9 Å². The van der Waals surface area contributed by atoms with Crippen LogP contribution in [0.1, 0.15) is 99.3 Å². The fraction of sp³-hybridized carbons (Fsp3) is 0.583. The summed E-state index contributed by atoms with van der Waals surface area (Å²) in [5.74, 6) is 0.113. The molecule has 2 aromatic heterocycles. The van der Waals surface area contributed by atoms with E-state index in [0.29, 0.717) is 41.8 Å². The summed E-state index contributed by atoms with van der Waals surface area (Å²) in [7, 11) is 0. The second-order valence-corrected chi connectivity index (χ2v) is 10.4. The van der Waals surface area contributed by atoms with Crippen molar-refractivity contribution >= 4 is 23.8 Å². The van der Waals surface area contributed by atoms with Crippen molar-refractivity contribution in [1.29, 1.82) is 0 Å². The number of rotatable bonds is 0. The van der Waals surface area contributed by atoms with Crippen LogP contribution in [0.5, 0.6) is 0 Å². The minimum atomic E-state index is -0.562. The average Bonchev–Trinajstić information content (AvgIpc) is 3.32. The van der Waals surface area contributed by atoms with Gasteiger partial charge in [0.05, 0.1) is 28.7 Å². The first-order valence-electron chi connectivity index (χ1n) is 11.4. The number of fused-ring (bicyclic) bond motifs is 2. The summed E-state index contributed by atoms with van der Waals surface area (Å²) in [6.07, 6.45) is 5.95. The van der Waals surface area contributed by atoms with Crippen LogP contribution >= 0.6 is 0 Å². The van der Waals surface area contributed by atoms with Gasteiger partial charge in [0.25, 0.3) is 0 Å². The van der Waals surface area contributed by atoms with E-state index in [1.54, 1.807) is 41.5 Å². The number of ether oxygens (including phenoxy) is 2. The first-order chi connectivity index (χ1) is 15.7. The number of aryl methyl sites for hydroxylation is 1. The lowest BCUT2D eigenvalue weighted by Crippen LogP contribution is -2.29. The number of ketones is 2. The topological polar surface area (TPSA) is 122 Å². The Hall–Kier alpha value is -3.30. The third-order valence-corrected chi connectivity index (χ3v) is 5.04. The lowest BCUT2D eigenvalue weighted by Gasteiger charge is -2.20. The van der Waals surface area contributed by atoms with Gasteiger partial charge in [0, 0.05) is 19.0 Å². The van der Waals surface area contributed by atoms with E-state index in [1.165, 1.54) is 17.1 Å². The second-order valence-electron chi connectivity index (χ2n) is 10.4. The zero-order chi connectivity index (χ0) is 25.3. The van der Waals surface area contributed by atoms with Gasteiger partial charge in [-0.3, -0.25) is 9.59 Å². The fourth-order valence-electron chi connectivity index (χ4n) is 3.64. The van der Waals surface area contributed by atoms with Gasteiger partial charge in [0.1, 0.15) is 11.2 Å². The van der Waals surface area contributed by atoms with Gasteiger partial charge in [0.15, 0.2) is 11.6 Å². The Labute approximate surface area is 198 Å². The Morgan fingerprint density at radius 1 is 0.824 bits per heavy atom. The molecule has 0 fully saturated rings. The molecule has 2 aliphatic rings. The van der Waals surface area contributed by atoms with E-state index in [9.17, 15) is 19.2 Å². The van der Waals surface area contributed by atoms with Crippen LogP contribution in [0.4, 0.5) is 9.59 Å². The molecule has 184 valence electrons. The molecule has 0 radical (unpaired) electrons. The summed E-state index contributed by atoms with van der Waals surface area (Å²) in [4.78, 5) is 46.8. The van der Waals surface area contributed by atoms with Crippen LogP contribution in [0.3, 0.4) is 0 Å². The normalized spacial score (nSPS) is 15.6. The van der Waals surface area contributed by atoms with E-state index in [1.807, 2.05) is 0 Å². The summed E-state index contributed by atoms with van der Waals surface area (Å²) >= 11 is 0. The van der Waals surface area contributed by atoms with E-state index in [4.69, 9.17) is 9.47 Å². The molecule has 10 nitrogen and oxygen atoms in total. The zero-order valence-corrected chi connectivity index (χ0v) is 20.6. The maximum Gasteiger partial charge on any atom is 0.435 e. The van der Waals surface area contributed by atoms with Crippen LogP contribution in [0.15, 0.2) is 12.4 Å². The average molecular weight is 473 g/mol. The van der Waals surface area contributed by atoms with Crippen molar-refractivity contribution in [2.75, 3.05) is 0 Å². The highest BCUT2D eigenvalue weighted by Crippen LogP contribution is 2.22. The van der Waals surface area contributed by atoms with Crippen molar-refractivity contribution < 1.29 is 28.7 Å². The van der Waals surface area contributed by atoms with Gasteiger partial charge in [-0.25, -0.2) is 9.59 Å². The molecule has 0 saturated heterocycles. The van der Waals surface area contributed by atoms with Gasteiger partial charge >= 0.3 is 12.2 Å². The Kier molecular flexibility index (Phi) is 7.09. The van der Waals surface area contributed by atoms with Crippen LogP contribution in [0.2, 0.25) is 0 Å². The number of hydrogen-bond donors (Lipinski definition) is 0. The van der Waals surface area contributed by atoms with Gasteiger partial charge in [-0.1, -0.05) is 0 Å². The molecule has 10 heteroatoms. The van der Waals surface area contributed by atoms with Crippen LogP contribution in [-0.2, 0) is 22.3 Å². The summed E-state index contributed by atoms with van der Waals surface area (Å²) in [5, 5.41) is 8.06. The molecule has 0 spiro atoms. The smallest absolute Gasteiger partial charge is 0.435 e. The van der Waals surface area contributed by atoms with Gasteiger partial charge in [0.2, 0.25) is 0 Å². The number of aromatic nitrogens is 4. The Bertz CT molecular complexity index is 1100. The molecule has 0 saturated carbocycles. The minimum Gasteiger partial charge on any atom is -0.442 e. The molecule has 0 N–H and O–H groups in total. The lowest BCUT2D eigenvalue weighted by atomic mass is 9.97. The minimum absolute atomic E-state index is 0.0565. The molecular weight excluding hydrogens is 440 g/mol. The van der Waals surface area contributed by atoms with Crippen molar-refractivity contribution in [2.24, 2.45) is 0 Å². The van der Waals surface area contributed by atoms with Gasteiger partial charge in [-0.15, -0.1) is 0 Å². The lowest BCUT2D eigenvalue weighted by molar-refractivity contribution is 0.0500. The molecule has 0 amide bonds. The highest BCUT2D eigenvalue weighted by molar-refractivity contribution is 5.99. The molecule has 2 aromatic rings. The van der Waals surface area contributed by atoms with Crippen molar-refractivity contribution in [3.8, 4) is 0 Å². The largest absolute Gasteiger partial charge is 0.442 e. The highest BCUT2D eigenvalue weighted by atomic mass is 16.6. The number of carbonyl (C=O) groups is 4. The maximum atomic E-state index is 11.9. The van der Waals surface area contributed by atoms with Crippen LogP contribution < -0.4 is 0 Å². The van der Waals surface area contributed by atoms with Crippen LogP contribution in [-0.4, -0.2) is 54.5 Å². The number of carbonyl (C=O) groups excluding carboxylic acids is 4. The standard InChI is InChI=1S/2C12H16N2O3/c1-12(2,3)17-11(16)14-7-8-9(13-14)5-4-6-10(8)15;1-12(2,3)17-11(16)14-9-5-4-6-10(15)8(9)7-13-14/h2*7H,4-6H2,1-3H3. The van der Waals surface area contributed by atoms with E-state index in [2.05, 4.69) is 10.2 Å². The molecule has 0 aliphatic heterocycles. The molecule has 2 heterocycles. The first-order valence-corrected chi connectivity index (χ1v) is 11.4. The van der Waals surface area contributed by atoms with E-state index in [-0.39, 0.29) is 11.6 Å². The summed E-state index contributed by atoms with van der Waals surface area (Å²) in [5.41, 5.74) is 1.37. The molecule has 0 unspecified atom stereocenters. The number of Topliss-reactive ketones (excluding diaryl/α,β-unsaturated/α-hetero) is 2. The zero-order valence-electron chi connectivity index (χ0n) is 20.6. The SMILES string of the molecule is CC(C)(C)OC(=O)n1cc2c(n1)CCCC2=O.CC(C)(C)OC(=O)n1ncc2c1CCCC2=O. The highest BCUT2D eigenvalue weighted by Gasteiger charge is 2.27. The third-order valence-electron chi connectivity index (χ3n) is 5.04. The van der Waals surface area contributed by atoms with Crippen molar-refractivity contribution in [2.45, 2.75) is 91.3 Å². The van der Waals surface area contributed by atoms with Gasteiger partial charge in [-0.2, -0.15) is 19.6 Å². The second kappa shape index (κ2) is 9.52. The number of nitrogens with zero attached hydrogens (tertiary/aromatic N) is 4. The molecular formula is C24H32N4O6. The summed E-state index contributed by atoms with van der Waals surface area (Å²) < 4.78 is 12.8. The Balaban J connectivity index is 0.000000191. The van der Waals surface area contributed by atoms with E-state index in [0.717, 1.165) is 23.9 Å². The van der Waals surface area contributed by atoms with Crippen molar-refractivity contribution in [3.63, 3.8) is 0 Å². The summed E-state index contributed by atoms with van der Waals surface area (Å²) in [6.45, 7) is 10.8. The third kappa shape index (κ3) is 6.18. The van der Waals surface area contributed by atoms with Crippen molar-refractivity contribution in [1.82, 2.24) is 19.6 Å². The monoisotopic (exact) mass is 472 g/mol. The molecule has 2 aliphatic carbocycles. The van der Waals surface area contributed by atoms with E-state index < -0.39 is 23.4 Å². The number of hydrogen-bond acceptors (Lipinski definition) is 8. The Morgan fingerprint density at radius 2 is 1.38 bits per heavy atom. The van der Waals surface area contributed by atoms with Gasteiger partial charge in [-0.05, 0) is 67.2 Å². The Morgan fingerprint density at radius 3 is 1.97 bits per heavy atom. The fourth-order valence-corrected chi connectivity index (χ4v) is 3.64. The first kappa shape index (κ1) is 25.3. The predicted molar refractivity (Wildman–Crippen MR) is 122 cm³/mol. The molecule has 0 aromatic carbocycles. The van der Waals surface area contributed by atoms with Crippen LogP contribution in [0, 0.1) is 0 Å². The maximum absolute atomic E-state index is 11.9. The van der Waals surface area contributed by atoms with E-state index >= 15 is 0 Å². The van der Waals surface area contributed by atoms with Gasteiger partial charge < -0.3 is 9.47 Å². The molecule has 0 bridgehead atoms.